The van der Waals surface area contributed by atoms with Crippen LogP contribution in [0.25, 0.3) is 11.4 Å². The molecule has 1 spiro atoms. The number of rotatable bonds is 2. The lowest BCUT2D eigenvalue weighted by molar-refractivity contribution is 0.172. The molecular formula is C16H17N3O3. The minimum Gasteiger partial charge on any atom is -0.447 e. The van der Waals surface area contributed by atoms with E-state index in [9.17, 15) is 4.79 Å². The Morgan fingerprint density at radius 3 is 2.91 bits per heavy atom. The van der Waals surface area contributed by atoms with Gasteiger partial charge in [-0.3, -0.25) is 0 Å². The fourth-order valence-electron chi connectivity index (χ4n) is 3.21. The third-order valence-electron chi connectivity index (χ3n) is 4.43. The van der Waals surface area contributed by atoms with Crippen LogP contribution < -0.4 is 5.32 Å². The molecule has 6 heteroatoms. The molecule has 2 aliphatic rings. The molecule has 1 aliphatic heterocycles. The van der Waals surface area contributed by atoms with Crippen molar-refractivity contribution in [1.29, 1.82) is 0 Å². The first-order valence-electron chi connectivity index (χ1n) is 7.50. The number of fused-ring (bicyclic) bond motifs is 2. The molecule has 1 atom stereocenters. The lowest BCUT2D eigenvalue weighted by Gasteiger charge is -2.21. The molecule has 114 valence electrons. The van der Waals surface area contributed by atoms with Crippen LogP contribution in [0.4, 0.5) is 4.79 Å². The van der Waals surface area contributed by atoms with E-state index in [0.29, 0.717) is 18.3 Å². The lowest BCUT2D eigenvalue weighted by atomic mass is 9.93. The first kappa shape index (κ1) is 13.3. The average molecular weight is 299 g/mol. The molecule has 4 rings (SSSR count). The van der Waals surface area contributed by atoms with E-state index in [-0.39, 0.29) is 17.6 Å². The summed E-state index contributed by atoms with van der Waals surface area (Å²) >= 11 is 0. The van der Waals surface area contributed by atoms with Crippen molar-refractivity contribution in [2.45, 2.75) is 38.1 Å². The molecular weight excluding hydrogens is 282 g/mol. The predicted molar refractivity (Wildman–Crippen MR) is 78.3 cm³/mol. The van der Waals surface area contributed by atoms with Gasteiger partial charge in [-0.05, 0) is 30.0 Å². The minimum absolute atomic E-state index is 0.213. The van der Waals surface area contributed by atoms with Crippen LogP contribution in [0.1, 0.15) is 43.2 Å². The molecule has 22 heavy (non-hydrogen) atoms. The Bertz CT molecular complexity index is 753. The smallest absolute Gasteiger partial charge is 0.408 e. The van der Waals surface area contributed by atoms with Gasteiger partial charge < -0.3 is 14.6 Å². The minimum atomic E-state index is -0.356. The highest BCUT2D eigenvalue weighted by atomic mass is 16.6. The molecule has 2 heterocycles. The van der Waals surface area contributed by atoms with Crippen LogP contribution >= 0.6 is 0 Å². The molecule has 6 nitrogen and oxygen atoms in total. The van der Waals surface area contributed by atoms with Crippen molar-refractivity contribution in [2.75, 3.05) is 6.61 Å². The van der Waals surface area contributed by atoms with Crippen LogP contribution in [0.5, 0.6) is 0 Å². The molecule has 1 unspecified atom stereocenters. The van der Waals surface area contributed by atoms with Gasteiger partial charge in [0.2, 0.25) is 11.7 Å². The molecule has 0 saturated carbocycles. The fraction of sp³-hybridized carbons (Fsp3) is 0.438. The zero-order valence-electron chi connectivity index (χ0n) is 12.5. The fourth-order valence-corrected chi connectivity index (χ4v) is 3.21. The number of carbonyl (C=O) groups is 1. The predicted octanol–water partition coefficient (Wildman–Crippen LogP) is 2.74. The standard InChI is InChI=1S/C16H17N3O3/c1-9(2)14-17-13(19-22-14)11-3-4-12-10(7-11)5-6-16(12)8-21-15(20)18-16/h3-4,7,9H,5-6,8H2,1-2H3,(H,18,20). The van der Waals surface area contributed by atoms with Gasteiger partial charge >= 0.3 is 6.09 Å². The van der Waals surface area contributed by atoms with Crippen molar-refractivity contribution in [2.24, 2.45) is 0 Å². The van der Waals surface area contributed by atoms with Crippen molar-refractivity contribution >= 4 is 6.09 Å². The maximum absolute atomic E-state index is 11.4. The number of aryl methyl sites for hydroxylation is 1. The summed E-state index contributed by atoms with van der Waals surface area (Å²) in [5.74, 6) is 1.47. The Hall–Kier alpha value is -2.37. The number of amides is 1. The monoisotopic (exact) mass is 299 g/mol. The highest BCUT2D eigenvalue weighted by Gasteiger charge is 2.45. The van der Waals surface area contributed by atoms with Crippen LogP contribution in [0.3, 0.4) is 0 Å². The summed E-state index contributed by atoms with van der Waals surface area (Å²) in [4.78, 5) is 15.8. The van der Waals surface area contributed by atoms with E-state index in [2.05, 4.69) is 21.5 Å². The van der Waals surface area contributed by atoms with Crippen LogP contribution in [0.15, 0.2) is 22.7 Å². The third-order valence-corrected chi connectivity index (χ3v) is 4.43. The first-order valence-corrected chi connectivity index (χ1v) is 7.50. The first-order chi connectivity index (χ1) is 10.6. The SMILES string of the molecule is CC(C)c1nc(-c2ccc3c(c2)CCC32COC(=O)N2)no1. The van der Waals surface area contributed by atoms with Crippen molar-refractivity contribution in [1.82, 2.24) is 15.5 Å². The van der Waals surface area contributed by atoms with E-state index in [0.717, 1.165) is 24.0 Å². The Labute approximate surface area is 127 Å². The van der Waals surface area contributed by atoms with Gasteiger partial charge in [0, 0.05) is 11.5 Å². The maximum Gasteiger partial charge on any atom is 0.408 e. The summed E-state index contributed by atoms with van der Waals surface area (Å²) in [5, 5.41) is 7.01. The number of aromatic nitrogens is 2. The Kier molecular flexibility index (Phi) is 2.76. The molecule has 0 bridgehead atoms. The van der Waals surface area contributed by atoms with E-state index < -0.39 is 0 Å². The van der Waals surface area contributed by atoms with Gasteiger partial charge in [0.15, 0.2) is 0 Å². The number of nitrogens with zero attached hydrogens (tertiary/aromatic N) is 2. The highest BCUT2D eigenvalue weighted by molar-refractivity contribution is 5.72. The van der Waals surface area contributed by atoms with Gasteiger partial charge in [0.1, 0.15) is 12.1 Å². The van der Waals surface area contributed by atoms with E-state index in [1.165, 1.54) is 5.56 Å². The van der Waals surface area contributed by atoms with Crippen LogP contribution in [-0.4, -0.2) is 22.8 Å². The topological polar surface area (TPSA) is 77.2 Å². The second-order valence-corrected chi connectivity index (χ2v) is 6.27. The van der Waals surface area contributed by atoms with Crippen molar-refractivity contribution in [3.05, 3.63) is 35.2 Å². The zero-order valence-corrected chi connectivity index (χ0v) is 12.5. The summed E-state index contributed by atoms with van der Waals surface area (Å²) < 4.78 is 10.4. The van der Waals surface area contributed by atoms with E-state index in [4.69, 9.17) is 9.26 Å². The number of cyclic esters (lactones) is 1. The number of benzene rings is 1. The van der Waals surface area contributed by atoms with Gasteiger partial charge in [-0.25, -0.2) is 4.79 Å². The van der Waals surface area contributed by atoms with Gasteiger partial charge in [-0.15, -0.1) is 0 Å². The second-order valence-electron chi connectivity index (χ2n) is 6.27. The summed E-state index contributed by atoms with van der Waals surface area (Å²) in [7, 11) is 0. The van der Waals surface area contributed by atoms with Crippen LogP contribution in [-0.2, 0) is 16.7 Å². The van der Waals surface area contributed by atoms with Gasteiger partial charge in [-0.1, -0.05) is 31.1 Å². The number of carbonyl (C=O) groups excluding carboxylic acids is 1. The Morgan fingerprint density at radius 2 is 2.23 bits per heavy atom. The molecule has 0 radical (unpaired) electrons. The van der Waals surface area contributed by atoms with E-state index >= 15 is 0 Å². The highest BCUT2D eigenvalue weighted by Crippen LogP contribution is 2.40. The summed E-state index contributed by atoms with van der Waals surface area (Å²) in [6, 6.07) is 6.10. The quantitative estimate of drug-likeness (QED) is 0.922. The maximum atomic E-state index is 11.4. The Morgan fingerprint density at radius 1 is 1.36 bits per heavy atom. The van der Waals surface area contributed by atoms with Gasteiger partial charge in [0.05, 0.1) is 0 Å². The number of nitrogens with one attached hydrogen (secondary N) is 1. The summed E-state index contributed by atoms with van der Waals surface area (Å²) in [6.07, 6.45) is 1.43. The normalized spacial score (nSPS) is 23.0. The third kappa shape index (κ3) is 1.90. The van der Waals surface area contributed by atoms with E-state index in [1.54, 1.807) is 0 Å². The van der Waals surface area contributed by atoms with Gasteiger partial charge in [-0.2, -0.15) is 4.98 Å². The number of alkyl carbamates (subject to hydrolysis) is 1. The molecule has 2 aromatic rings. The Balaban J connectivity index is 1.69. The largest absolute Gasteiger partial charge is 0.447 e. The average Bonchev–Trinajstić information content (AvgIpc) is 3.19. The van der Waals surface area contributed by atoms with Crippen molar-refractivity contribution in [3.63, 3.8) is 0 Å². The van der Waals surface area contributed by atoms with Crippen molar-refractivity contribution < 1.29 is 14.1 Å². The molecule has 1 aromatic heterocycles. The molecule has 1 aliphatic carbocycles. The van der Waals surface area contributed by atoms with Crippen LogP contribution in [0, 0.1) is 0 Å². The van der Waals surface area contributed by atoms with E-state index in [1.807, 2.05) is 26.0 Å². The zero-order chi connectivity index (χ0) is 15.3. The number of hydrogen-bond donors (Lipinski definition) is 1. The molecule has 1 N–H and O–H groups in total. The molecule has 1 aromatic carbocycles. The molecule has 1 amide bonds. The van der Waals surface area contributed by atoms with Gasteiger partial charge in [0.25, 0.3) is 0 Å². The molecule has 1 saturated heterocycles. The number of hydrogen-bond acceptors (Lipinski definition) is 5. The summed E-state index contributed by atoms with van der Waals surface area (Å²) in [5.41, 5.74) is 2.93. The summed E-state index contributed by atoms with van der Waals surface area (Å²) in [6.45, 7) is 4.44. The second kappa shape index (κ2) is 4.56. The van der Waals surface area contributed by atoms with Crippen LogP contribution in [0.2, 0.25) is 0 Å². The van der Waals surface area contributed by atoms with Crippen molar-refractivity contribution in [3.8, 4) is 11.4 Å². The lowest BCUT2D eigenvalue weighted by Crippen LogP contribution is -2.38. The molecule has 1 fully saturated rings. The number of ether oxygens (including phenoxy) is 1.